The van der Waals surface area contributed by atoms with Gasteiger partial charge in [0, 0.05) is 23.0 Å². The average molecular weight is 324 g/mol. The van der Waals surface area contributed by atoms with Gasteiger partial charge in [-0.15, -0.1) is 0 Å². The van der Waals surface area contributed by atoms with E-state index in [4.69, 9.17) is 4.74 Å². The van der Waals surface area contributed by atoms with Crippen LogP contribution in [0.25, 0.3) is 0 Å². The van der Waals surface area contributed by atoms with E-state index in [1.165, 1.54) is 12.8 Å². The molecule has 1 aromatic rings. The molecule has 0 heterocycles. The first-order valence-electron chi connectivity index (χ1n) is 9.24. The Bertz CT molecular complexity index is 703. The second kappa shape index (κ2) is 6.19. The first kappa shape index (κ1) is 15.6. The summed E-state index contributed by atoms with van der Waals surface area (Å²) in [5.41, 5.74) is 1.17. The molecule has 3 aliphatic carbocycles. The minimum atomic E-state index is -0.139. The molecule has 0 amide bonds. The van der Waals surface area contributed by atoms with Crippen molar-refractivity contribution in [1.29, 1.82) is 0 Å². The fraction of sp³-hybridized carbons (Fsp3) is 0.524. The molecule has 0 saturated heterocycles. The molecule has 4 unspecified atom stereocenters. The largest absolute Gasteiger partial charge is 0.494 e. The zero-order valence-electron chi connectivity index (χ0n) is 14.2. The number of ether oxygens (including phenoxy) is 1. The molecular formula is C21H24O3. The van der Waals surface area contributed by atoms with Crippen molar-refractivity contribution in [3.63, 3.8) is 0 Å². The topological polar surface area (TPSA) is 43.4 Å². The predicted octanol–water partition coefficient (Wildman–Crippen LogP) is 4.46. The van der Waals surface area contributed by atoms with Crippen LogP contribution >= 0.6 is 0 Å². The maximum Gasteiger partial charge on any atom is 0.168 e. The molecular weight excluding hydrogens is 300 g/mol. The summed E-state index contributed by atoms with van der Waals surface area (Å²) in [6.07, 6.45) is 9.84. The zero-order chi connectivity index (χ0) is 16.7. The van der Waals surface area contributed by atoms with Crippen LogP contribution in [-0.4, -0.2) is 18.2 Å². The van der Waals surface area contributed by atoms with Gasteiger partial charge in [0.2, 0.25) is 0 Å². The number of rotatable bonds is 6. The van der Waals surface area contributed by atoms with Gasteiger partial charge >= 0.3 is 0 Å². The van der Waals surface area contributed by atoms with Crippen molar-refractivity contribution in [2.45, 2.75) is 39.0 Å². The van der Waals surface area contributed by atoms with E-state index in [0.717, 1.165) is 19.3 Å². The number of benzene rings is 1. The Morgan fingerprint density at radius 3 is 2.38 bits per heavy atom. The second-order valence-corrected chi connectivity index (χ2v) is 7.34. The number of fused-ring (bicyclic) bond motifs is 6. The normalized spacial score (nSPS) is 29.7. The Balaban J connectivity index is 1.53. The summed E-state index contributed by atoms with van der Waals surface area (Å²) < 4.78 is 5.80. The highest BCUT2D eigenvalue weighted by Crippen LogP contribution is 2.52. The van der Waals surface area contributed by atoms with Crippen LogP contribution in [0.3, 0.4) is 0 Å². The third-order valence-electron chi connectivity index (χ3n) is 5.85. The van der Waals surface area contributed by atoms with Gasteiger partial charge in [-0.1, -0.05) is 38.3 Å². The van der Waals surface area contributed by atoms with Crippen LogP contribution in [0, 0.1) is 23.7 Å². The van der Waals surface area contributed by atoms with Crippen LogP contribution in [0.1, 0.15) is 59.7 Å². The average Bonchev–Trinajstić information content (AvgIpc) is 3.21. The van der Waals surface area contributed by atoms with E-state index in [9.17, 15) is 9.59 Å². The van der Waals surface area contributed by atoms with Gasteiger partial charge in [-0.2, -0.15) is 0 Å². The molecule has 0 spiro atoms. The van der Waals surface area contributed by atoms with Crippen LogP contribution < -0.4 is 4.74 Å². The smallest absolute Gasteiger partial charge is 0.168 e. The van der Waals surface area contributed by atoms with E-state index >= 15 is 0 Å². The summed E-state index contributed by atoms with van der Waals surface area (Å²) in [5, 5.41) is 0. The zero-order valence-corrected chi connectivity index (χ0v) is 14.2. The Morgan fingerprint density at radius 2 is 1.67 bits per heavy atom. The number of unbranched alkanes of at least 4 members (excludes halogenated alkanes) is 3. The van der Waals surface area contributed by atoms with Crippen molar-refractivity contribution in [3.05, 3.63) is 41.5 Å². The molecule has 0 aliphatic heterocycles. The van der Waals surface area contributed by atoms with Crippen LogP contribution in [-0.2, 0) is 0 Å². The predicted molar refractivity (Wildman–Crippen MR) is 92.5 cm³/mol. The molecule has 3 heteroatoms. The number of carbonyl (C=O) groups is 2. The number of hydrogen-bond acceptors (Lipinski definition) is 3. The van der Waals surface area contributed by atoms with Gasteiger partial charge in [-0.05, 0) is 42.9 Å². The van der Waals surface area contributed by atoms with Crippen molar-refractivity contribution in [3.8, 4) is 5.75 Å². The van der Waals surface area contributed by atoms with Gasteiger partial charge in [0.25, 0.3) is 0 Å². The Labute approximate surface area is 143 Å². The third kappa shape index (κ3) is 2.42. The lowest BCUT2D eigenvalue weighted by Gasteiger charge is -2.31. The molecule has 1 saturated carbocycles. The highest BCUT2D eigenvalue weighted by molar-refractivity contribution is 6.17. The summed E-state index contributed by atoms with van der Waals surface area (Å²) in [4.78, 5) is 25.8. The van der Waals surface area contributed by atoms with Crippen LogP contribution in [0.5, 0.6) is 5.75 Å². The van der Waals surface area contributed by atoms with Gasteiger partial charge in [-0.3, -0.25) is 9.59 Å². The number of Topliss-reactive ketones (excluding diaryl/α,β-unsaturated/α-hetero) is 2. The van der Waals surface area contributed by atoms with Gasteiger partial charge < -0.3 is 4.74 Å². The standard InChI is InChI=1S/C21H24O3/c1-2-3-4-5-10-24-15-8-9-16-17(12-15)21(23)19-14-7-6-13(11-14)18(19)20(16)22/h6-9,12-14,18-19H,2-5,10-11H2,1H3. The third-order valence-corrected chi connectivity index (χ3v) is 5.85. The quantitative estimate of drug-likeness (QED) is 0.573. The van der Waals surface area contributed by atoms with E-state index in [-0.39, 0.29) is 35.2 Å². The maximum absolute atomic E-state index is 13.0. The summed E-state index contributed by atoms with van der Waals surface area (Å²) in [7, 11) is 0. The maximum atomic E-state index is 13.0. The molecule has 3 nitrogen and oxygen atoms in total. The van der Waals surface area contributed by atoms with Gasteiger partial charge in [0.05, 0.1) is 6.61 Å². The van der Waals surface area contributed by atoms with Gasteiger partial charge in [0.15, 0.2) is 11.6 Å². The summed E-state index contributed by atoms with van der Waals surface area (Å²) in [6.45, 7) is 2.85. The SMILES string of the molecule is CCCCCCOc1ccc2c(c1)C(=O)C1C3C=CC(C3)C1C2=O. The molecule has 0 N–H and O–H groups in total. The number of ketones is 2. The molecule has 3 aliphatic rings. The first-order valence-corrected chi connectivity index (χ1v) is 9.24. The van der Waals surface area contributed by atoms with Crippen molar-refractivity contribution < 1.29 is 14.3 Å². The molecule has 24 heavy (non-hydrogen) atoms. The molecule has 0 radical (unpaired) electrons. The monoisotopic (exact) mass is 324 g/mol. The van der Waals surface area contributed by atoms with Crippen LogP contribution in [0.2, 0.25) is 0 Å². The lowest BCUT2D eigenvalue weighted by Crippen LogP contribution is -2.38. The van der Waals surface area contributed by atoms with E-state index in [1.807, 2.05) is 6.07 Å². The fourth-order valence-electron chi connectivity index (χ4n) is 4.65. The summed E-state index contributed by atoms with van der Waals surface area (Å²) in [6, 6.07) is 5.43. The fourth-order valence-corrected chi connectivity index (χ4v) is 4.65. The Morgan fingerprint density at radius 1 is 0.958 bits per heavy atom. The lowest BCUT2D eigenvalue weighted by atomic mass is 9.69. The van der Waals surface area contributed by atoms with Gasteiger partial charge in [0.1, 0.15) is 5.75 Å². The van der Waals surface area contributed by atoms with E-state index in [2.05, 4.69) is 19.1 Å². The molecule has 4 rings (SSSR count). The minimum Gasteiger partial charge on any atom is -0.494 e. The minimum absolute atomic E-state index is 0.124. The Hall–Kier alpha value is -1.90. The molecule has 1 aromatic carbocycles. The second-order valence-electron chi connectivity index (χ2n) is 7.34. The van der Waals surface area contributed by atoms with Crippen molar-refractivity contribution in [2.75, 3.05) is 6.61 Å². The molecule has 1 fully saturated rings. The molecule has 0 aromatic heterocycles. The highest BCUT2D eigenvalue weighted by Gasteiger charge is 2.54. The van der Waals surface area contributed by atoms with E-state index in [0.29, 0.717) is 23.5 Å². The van der Waals surface area contributed by atoms with Gasteiger partial charge in [-0.25, -0.2) is 0 Å². The first-order chi connectivity index (χ1) is 11.7. The highest BCUT2D eigenvalue weighted by atomic mass is 16.5. The van der Waals surface area contributed by atoms with E-state index in [1.54, 1.807) is 12.1 Å². The molecule has 126 valence electrons. The molecule has 2 bridgehead atoms. The number of hydrogen-bond donors (Lipinski definition) is 0. The summed E-state index contributed by atoms with van der Waals surface area (Å²) in [5.74, 6) is 1.26. The van der Waals surface area contributed by atoms with Crippen LogP contribution in [0.4, 0.5) is 0 Å². The Kier molecular flexibility index (Phi) is 4.03. The van der Waals surface area contributed by atoms with Crippen molar-refractivity contribution in [2.24, 2.45) is 23.7 Å². The molecule has 4 atom stereocenters. The van der Waals surface area contributed by atoms with Crippen LogP contribution in [0.15, 0.2) is 30.4 Å². The lowest BCUT2D eigenvalue weighted by molar-refractivity contribution is 0.0720. The van der Waals surface area contributed by atoms with Crippen molar-refractivity contribution in [1.82, 2.24) is 0 Å². The number of carbonyl (C=O) groups excluding carboxylic acids is 2. The van der Waals surface area contributed by atoms with E-state index < -0.39 is 0 Å². The summed E-state index contributed by atoms with van der Waals surface area (Å²) >= 11 is 0. The number of allylic oxidation sites excluding steroid dienone is 2. The van der Waals surface area contributed by atoms with Crippen molar-refractivity contribution >= 4 is 11.6 Å².